The highest BCUT2D eigenvalue weighted by Gasteiger charge is 2.30. The van der Waals surface area contributed by atoms with Gasteiger partial charge in [0.05, 0.1) is 33.8 Å². The maximum Gasteiger partial charge on any atom is 0.0769 e. The van der Waals surface area contributed by atoms with E-state index in [1.54, 1.807) is 0 Å². The average molecular weight is 999 g/mol. The van der Waals surface area contributed by atoms with Crippen LogP contribution in [0.2, 0.25) is 0 Å². The predicted molar refractivity (Wildman–Crippen MR) is 323 cm³/mol. The average Bonchev–Trinajstić information content (AvgIpc) is 4.15. The Balaban J connectivity index is 1.30. The van der Waals surface area contributed by atoms with E-state index >= 15 is 0 Å². The van der Waals surface area contributed by atoms with Crippen LogP contribution >= 0.6 is 15.8 Å². The highest BCUT2D eigenvalue weighted by Crippen LogP contribution is 2.47. The maximum absolute atomic E-state index is 5.87. The van der Waals surface area contributed by atoms with Crippen molar-refractivity contribution in [3.05, 3.63) is 227 Å². The number of allylic oxidation sites excluding steroid dienone is 4. The number of nitrogens with zero attached hydrogens (tertiary/aromatic N) is 2. The molecule has 3 aromatic heterocycles. The minimum atomic E-state index is -0.944. The molecular weight excluding hydrogens is 935 g/mol. The van der Waals surface area contributed by atoms with Crippen molar-refractivity contribution in [1.82, 2.24) is 19.9 Å². The number of rotatable bonds is 12. The number of H-pyrrole nitrogens is 2. The van der Waals surface area contributed by atoms with Gasteiger partial charge in [-0.1, -0.05) is 198 Å². The molecule has 0 spiro atoms. The van der Waals surface area contributed by atoms with Gasteiger partial charge in [0.15, 0.2) is 0 Å². The zero-order chi connectivity index (χ0) is 51.0. The molecule has 2 N–H and O–H groups in total. The Kier molecular flexibility index (Phi) is 13.9. The highest BCUT2D eigenvalue weighted by molar-refractivity contribution is 7.80. The van der Waals surface area contributed by atoms with E-state index in [4.69, 9.17) is 9.97 Å². The summed E-state index contributed by atoms with van der Waals surface area (Å²) in [6.45, 7) is 18.4. The van der Waals surface area contributed by atoms with Crippen LogP contribution in [0.4, 0.5) is 0 Å². The Labute approximate surface area is 440 Å². The second kappa shape index (κ2) is 21.0. The van der Waals surface area contributed by atoms with E-state index in [0.29, 0.717) is 0 Å². The molecule has 0 amide bonds. The van der Waals surface area contributed by atoms with Crippen molar-refractivity contribution >= 4 is 92.0 Å². The lowest BCUT2D eigenvalue weighted by Gasteiger charge is -2.23. The molecule has 6 aromatic carbocycles. The van der Waals surface area contributed by atoms with Gasteiger partial charge in [0.1, 0.15) is 0 Å². The Morgan fingerprint density at radius 1 is 0.378 bits per heavy atom. The molecule has 0 fully saturated rings. The minimum absolute atomic E-state index is 0.851. The van der Waals surface area contributed by atoms with E-state index in [-0.39, 0.29) is 0 Å². The molecule has 0 atom stereocenters. The molecule has 2 aliphatic rings. The van der Waals surface area contributed by atoms with Crippen molar-refractivity contribution in [2.24, 2.45) is 0 Å². The summed E-state index contributed by atoms with van der Waals surface area (Å²) in [7, 11) is -1.89. The van der Waals surface area contributed by atoms with Crippen LogP contribution in [0, 0.1) is 13.8 Å². The van der Waals surface area contributed by atoms with Crippen LogP contribution in [-0.4, -0.2) is 19.9 Å². The van der Waals surface area contributed by atoms with Gasteiger partial charge >= 0.3 is 0 Å². The Morgan fingerprint density at radius 2 is 0.689 bits per heavy atom. The number of aromatic nitrogens is 4. The number of aryl methyl sites for hydroxylation is 4. The van der Waals surface area contributed by atoms with Gasteiger partial charge in [0.25, 0.3) is 0 Å². The summed E-state index contributed by atoms with van der Waals surface area (Å²) in [5.41, 5.74) is 23.3. The molecule has 0 saturated carbocycles. The van der Waals surface area contributed by atoms with Crippen molar-refractivity contribution in [1.29, 1.82) is 0 Å². The Bertz CT molecular complexity index is 3480. The van der Waals surface area contributed by atoms with Crippen LogP contribution in [0.25, 0.3) is 66.6 Å². The fraction of sp³-hybridized carbons (Fsp3) is 0.176. The molecule has 8 bridgehead atoms. The second-order valence-electron chi connectivity index (χ2n) is 19.4. The molecule has 2 aliphatic heterocycles. The molecular formula is C68H64N4P2. The van der Waals surface area contributed by atoms with Crippen LogP contribution in [-0.2, 0) is 12.8 Å². The van der Waals surface area contributed by atoms with E-state index in [1.807, 2.05) is 0 Å². The highest BCUT2D eigenvalue weighted by atomic mass is 31.1. The Morgan fingerprint density at radius 3 is 1.00 bits per heavy atom. The number of hydrogen-bond acceptors (Lipinski definition) is 2. The van der Waals surface area contributed by atoms with Gasteiger partial charge in [-0.2, -0.15) is 0 Å². The molecule has 0 unspecified atom stereocenters. The van der Waals surface area contributed by atoms with Gasteiger partial charge in [-0.25, -0.2) is 9.97 Å². The van der Waals surface area contributed by atoms with Crippen LogP contribution < -0.4 is 31.8 Å². The molecule has 6 heteroatoms. The first-order valence-electron chi connectivity index (χ1n) is 26.4. The Hall–Kier alpha value is -7.22. The number of fused-ring (bicyclic) bond motifs is 8. The van der Waals surface area contributed by atoms with Gasteiger partial charge in [-0.05, 0) is 169 Å². The number of aromatic amines is 2. The molecule has 9 aromatic rings. The number of nitrogens with one attached hydrogen (secondary N) is 2. The van der Waals surface area contributed by atoms with Gasteiger partial charge < -0.3 is 9.97 Å². The van der Waals surface area contributed by atoms with Crippen LogP contribution in [0.15, 0.2) is 182 Å². The molecule has 4 nitrogen and oxygen atoms in total. The lowest BCUT2D eigenvalue weighted by atomic mass is 9.95. The first-order valence-corrected chi connectivity index (χ1v) is 29.1. The molecule has 366 valence electrons. The predicted octanol–water partition coefficient (Wildman–Crippen LogP) is 15.6. The zero-order valence-corrected chi connectivity index (χ0v) is 45.7. The molecule has 0 radical (unpaired) electrons. The van der Waals surface area contributed by atoms with Gasteiger partial charge in [-0.15, -0.1) is 0 Å². The summed E-state index contributed by atoms with van der Waals surface area (Å²) in [6, 6.07) is 67.3. The number of benzene rings is 6. The largest absolute Gasteiger partial charge is 0.354 e. The first-order chi connectivity index (χ1) is 36.2. The normalized spacial score (nSPS) is 12.7. The third-order valence-corrected chi connectivity index (χ3v) is 20.4. The van der Waals surface area contributed by atoms with Crippen LogP contribution in [0.5, 0.6) is 0 Å². The van der Waals surface area contributed by atoms with E-state index < -0.39 is 15.8 Å². The standard InChI is InChI=1S/C68H64N4P2/c1-9-51-43(5)65-63(55-37-25-27-39-61(55)73(47-29-17-13-18-30-47)48-31-19-14-20-32-48)66-45(7)53(11-3)59(71-66)42-60-54(12-4)46(8)68(72-60)64(67-44(6)52(10-2)58(70-67)41-57(51)69-65)56-38-26-28-40-62(56)74(49-33-21-15-22-34-49)50-35-23-16-24-36-50/h13-42,69,72H,9-12H2,1-8H3. The van der Waals surface area contributed by atoms with Crippen LogP contribution in [0.1, 0.15) is 99.4 Å². The third kappa shape index (κ3) is 8.63. The minimum Gasteiger partial charge on any atom is -0.354 e. The fourth-order valence-corrected chi connectivity index (χ4v) is 16.7. The summed E-state index contributed by atoms with van der Waals surface area (Å²) >= 11 is 0. The lowest BCUT2D eigenvalue weighted by molar-refractivity contribution is 1.14. The molecule has 0 aliphatic carbocycles. The molecule has 74 heavy (non-hydrogen) atoms. The molecule has 11 rings (SSSR count). The fourth-order valence-electron chi connectivity index (χ4n) is 11.8. The van der Waals surface area contributed by atoms with E-state index in [2.05, 4.69) is 247 Å². The smallest absolute Gasteiger partial charge is 0.0769 e. The van der Waals surface area contributed by atoms with Crippen molar-refractivity contribution in [3.8, 4) is 22.3 Å². The summed E-state index contributed by atoms with van der Waals surface area (Å²) in [5, 5.41) is 7.89. The van der Waals surface area contributed by atoms with Gasteiger partial charge in [-0.3, -0.25) is 0 Å². The number of hydrogen-bond donors (Lipinski definition) is 2. The van der Waals surface area contributed by atoms with Crippen molar-refractivity contribution in [3.63, 3.8) is 0 Å². The quantitative estimate of drug-likeness (QED) is 0.120. The molecule has 5 heterocycles. The SMILES string of the molecule is CCC1=C(C)c2nc1cc1[nH]c(c(C)c1CC)c(-c1ccccc1P(c1ccccc1)c1ccccc1)c1nc(cc3[nH]c(c(C)c3CC)c2-c2ccccc2P(c2ccccc2)c2ccccc2)C(CC)=C1C. The second-order valence-corrected chi connectivity index (χ2v) is 23.8. The van der Waals surface area contributed by atoms with E-state index in [0.717, 1.165) is 81.7 Å². The van der Waals surface area contributed by atoms with Gasteiger partial charge in [0, 0.05) is 22.2 Å². The lowest BCUT2D eigenvalue weighted by Crippen LogP contribution is -2.22. The summed E-state index contributed by atoms with van der Waals surface area (Å²) in [4.78, 5) is 20.0. The summed E-state index contributed by atoms with van der Waals surface area (Å²) in [6.07, 6.45) is 3.43. The summed E-state index contributed by atoms with van der Waals surface area (Å²) < 4.78 is 0. The van der Waals surface area contributed by atoms with E-state index in [1.165, 1.54) is 87.5 Å². The summed E-state index contributed by atoms with van der Waals surface area (Å²) in [5.74, 6) is 0. The maximum atomic E-state index is 5.87. The van der Waals surface area contributed by atoms with Crippen molar-refractivity contribution in [2.75, 3.05) is 0 Å². The van der Waals surface area contributed by atoms with Crippen LogP contribution in [0.3, 0.4) is 0 Å². The zero-order valence-electron chi connectivity index (χ0n) is 43.9. The van der Waals surface area contributed by atoms with E-state index in [9.17, 15) is 0 Å². The van der Waals surface area contributed by atoms with Gasteiger partial charge in [0.2, 0.25) is 0 Å². The topological polar surface area (TPSA) is 57.4 Å². The van der Waals surface area contributed by atoms with Crippen molar-refractivity contribution in [2.45, 2.75) is 81.1 Å². The monoisotopic (exact) mass is 998 g/mol. The van der Waals surface area contributed by atoms with Crippen molar-refractivity contribution < 1.29 is 0 Å². The molecule has 0 saturated heterocycles. The third-order valence-electron chi connectivity index (χ3n) is 15.4. The first kappa shape index (κ1) is 49.0.